The minimum Gasteiger partial charge on any atom is -0.482 e. The van der Waals surface area contributed by atoms with Crippen molar-refractivity contribution in [1.82, 2.24) is 5.32 Å². The Balaban J connectivity index is 1.66. The lowest BCUT2D eigenvalue weighted by atomic mass is 10.1. The molecule has 2 aromatic carbocycles. The maximum absolute atomic E-state index is 12.5. The molecule has 29 heavy (non-hydrogen) atoms. The number of nitrogens with one attached hydrogen (secondary N) is 2. The Bertz CT molecular complexity index is 924. The molecule has 0 aliphatic heterocycles. The Morgan fingerprint density at radius 2 is 1.93 bits per heavy atom. The van der Waals surface area contributed by atoms with Crippen LogP contribution in [-0.2, 0) is 4.79 Å². The molecular formula is C20H21N3O6. The van der Waals surface area contributed by atoms with E-state index in [0.717, 1.165) is 18.4 Å². The number of hydrogen-bond acceptors (Lipinski definition) is 6. The molecule has 152 valence electrons. The van der Waals surface area contributed by atoms with E-state index in [2.05, 4.69) is 10.6 Å². The van der Waals surface area contributed by atoms with Crippen LogP contribution in [0.15, 0.2) is 42.5 Å². The molecule has 1 unspecified atom stereocenters. The number of amides is 1. The second-order valence-electron chi connectivity index (χ2n) is 6.85. The van der Waals surface area contributed by atoms with Crippen LogP contribution in [-0.4, -0.2) is 34.6 Å². The molecule has 1 fully saturated rings. The molecule has 0 spiro atoms. The van der Waals surface area contributed by atoms with Crippen molar-refractivity contribution < 1.29 is 24.4 Å². The average Bonchev–Trinajstić information content (AvgIpc) is 3.50. The fourth-order valence-electron chi connectivity index (χ4n) is 2.75. The quantitative estimate of drug-likeness (QED) is 0.436. The summed E-state index contributed by atoms with van der Waals surface area (Å²) in [5.74, 6) is -1.09. The molecule has 9 nitrogen and oxygen atoms in total. The molecule has 1 atom stereocenters. The summed E-state index contributed by atoms with van der Waals surface area (Å²) in [5.41, 5.74) is 1.27. The Hall–Kier alpha value is -3.62. The van der Waals surface area contributed by atoms with E-state index in [4.69, 9.17) is 9.84 Å². The van der Waals surface area contributed by atoms with Crippen LogP contribution >= 0.6 is 0 Å². The SMILES string of the molecule is CC(NC(=O)c1ccc(NC2CC2)c([N+](=O)[O-])c1)c1ccc(OCC(=O)O)cc1. The van der Waals surface area contributed by atoms with Gasteiger partial charge in [-0.1, -0.05) is 12.1 Å². The fraction of sp³-hybridized carbons (Fsp3) is 0.300. The van der Waals surface area contributed by atoms with Gasteiger partial charge in [0.2, 0.25) is 0 Å². The first-order valence-electron chi connectivity index (χ1n) is 9.14. The van der Waals surface area contributed by atoms with Gasteiger partial charge in [-0.3, -0.25) is 14.9 Å². The topological polar surface area (TPSA) is 131 Å². The van der Waals surface area contributed by atoms with E-state index in [1.54, 1.807) is 43.3 Å². The second-order valence-corrected chi connectivity index (χ2v) is 6.85. The van der Waals surface area contributed by atoms with Crippen LogP contribution < -0.4 is 15.4 Å². The number of nitro benzene ring substituents is 1. The minimum absolute atomic E-state index is 0.128. The predicted molar refractivity (Wildman–Crippen MR) is 105 cm³/mol. The molecule has 0 aromatic heterocycles. The molecule has 0 heterocycles. The molecule has 0 saturated heterocycles. The number of aliphatic carboxylic acids is 1. The number of nitro groups is 1. The van der Waals surface area contributed by atoms with E-state index in [0.29, 0.717) is 11.4 Å². The first kappa shape index (κ1) is 20.1. The van der Waals surface area contributed by atoms with Crippen LogP contribution in [0.1, 0.15) is 41.7 Å². The number of carbonyl (C=O) groups excluding carboxylic acids is 1. The normalized spacial score (nSPS) is 14.0. The lowest BCUT2D eigenvalue weighted by molar-refractivity contribution is -0.384. The van der Waals surface area contributed by atoms with Gasteiger partial charge in [0, 0.05) is 17.7 Å². The van der Waals surface area contributed by atoms with Crippen molar-refractivity contribution in [2.75, 3.05) is 11.9 Å². The lowest BCUT2D eigenvalue weighted by Gasteiger charge is -2.15. The zero-order valence-corrected chi connectivity index (χ0v) is 15.8. The highest BCUT2D eigenvalue weighted by Gasteiger charge is 2.25. The van der Waals surface area contributed by atoms with Gasteiger partial charge in [0.15, 0.2) is 6.61 Å². The third kappa shape index (κ3) is 5.44. The second kappa shape index (κ2) is 8.59. The van der Waals surface area contributed by atoms with Crippen molar-refractivity contribution in [3.63, 3.8) is 0 Å². The molecule has 2 aromatic rings. The summed E-state index contributed by atoms with van der Waals surface area (Å²) in [6.07, 6.45) is 1.97. The van der Waals surface area contributed by atoms with Gasteiger partial charge < -0.3 is 20.5 Å². The van der Waals surface area contributed by atoms with E-state index in [-0.39, 0.29) is 23.3 Å². The van der Waals surface area contributed by atoms with E-state index in [1.165, 1.54) is 6.07 Å². The van der Waals surface area contributed by atoms with Crippen LogP contribution in [0.25, 0.3) is 0 Å². The molecule has 9 heteroatoms. The number of ether oxygens (including phenoxy) is 1. The van der Waals surface area contributed by atoms with Gasteiger partial charge in [-0.25, -0.2) is 4.79 Å². The standard InChI is InChI=1S/C20H21N3O6/c1-12(13-2-7-16(8-3-13)29-11-19(24)25)21-20(26)14-4-9-17(22-15-5-6-15)18(10-14)23(27)28/h2-4,7-10,12,15,22H,5-6,11H2,1H3,(H,21,26)(H,24,25). The van der Waals surface area contributed by atoms with Gasteiger partial charge in [0.1, 0.15) is 11.4 Å². The molecule has 1 aliphatic carbocycles. The van der Waals surface area contributed by atoms with Gasteiger partial charge in [-0.2, -0.15) is 0 Å². The van der Waals surface area contributed by atoms with Gasteiger partial charge in [0.05, 0.1) is 11.0 Å². The molecule has 0 radical (unpaired) electrons. The predicted octanol–water partition coefficient (Wildman–Crippen LogP) is 3.12. The smallest absolute Gasteiger partial charge is 0.341 e. The molecule has 0 bridgehead atoms. The minimum atomic E-state index is -1.07. The van der Waals surface area contributed by atoms with Crippen molar-refractivity contribution in [1.29, 1.82) is 0 Å². The highest BCUT2D eigenvalue weighted by atomic mass is 16.6. The summed E-state index contributed by atoms with van der Waals surface area (Å²) < 4.78 is 5.07. The van der Waals surface area contributed by atoms with E-state index in [1.807, 2.05) is 0 Å². The number of benzene rings is 2. The number of rotatable bonds is 9. The molecule has 3 rings (SSSR count). The van der Waals surface area contributed by atoms with Gasteiger partial charge in [0.25, 0.3) is 11.6 Å². The number of carbonyl (C=O) groups is 2. The third-order valence-electron chi connectivity index (χ3n) is 4.48. The summed E-state index contributed by atoms with van der Waals surface area (Å²) in [7, 11) is 0. The van der Waals surface area contributed by atoms with Crippen molar-refractivity contribution in [3.8, 4) is 5.75 Å². The summed E-state index contributed by atoms with van der Waals surface area (Å²) in [6.45, 7) is 1.35. The molecule has 1 amide bonds. The van der Waals surface area contributed by atoms with Gasteiger partial charge in [-0.05, 0) is 49.6 Å². The Morgan fingerprint density at radius 3 is 2.52 bits per heavy atom. The number of carboxylic acids is 1. The maximum atomic E-state index is 12.5. The number of carboxylic acid groups (broad SMARTS) is 1. The third-order valence-corrected chi connectivity index (χ3v) is 4.48. The zero-order valence-electron chi connectivity index (χ0n) is 15.8. The summed E-state index contributed by atoms with van der Waals surface area (Å²) in [5, 5.41) is 25.9. The fourth-order valence-corrected chi connectivity index (χ4v) is 2.75. The zero-order chi connectivity index (χ0) is 21.0. The average molecular weight is 399 g/mol. The Kier molecular flexibility index (Phi) is 5.96. The lowest BCUT2D eigenvalue weighted by Crippen LogP contribution is -2.26. The number of anilines is 1. The Morgan fingerprint density at radius 1 is 1.24 bits per heavy atom. The highest BCUT2D eigenvalue weighted by molar-refractivity contribution is 5.96. The first-order chi connectivity index (χ1) is 13.8. The maximum Gasteiger partial charge on any atom is 0.341 e. The van der Waals surface area contributed by atoms with Gasteiger partial charge >= 0.3 is 5.97 Å². The van der Waals surface area contributed by atoms with E-state index < -0.39 is 23.4 Å². The molecule has 1 aliphatic rings. The highest BCUT2D eigenvalue weighted by Crippen LogP contribution is 2.31. The van der Waals surface area contributed by atoms with Crippen molar-refractivity contribution in [3.05, 3.63) is 63.7 Å². The molecular weight excluding hydrogens is 378 g/mol. The van der Waals surface area contributed by atoms with Crippen molar-refractivity contribution in [2.45, 2.75) is 31.8 Å². The van der Waals surface area contributed by atoms with Crippen LogP contribution in [0.5, 0.6) is 5.75 Å². The van der Waals surface area contributed by atoms with E-state index in [9.17, 15) is 19.7 Å². The summed E-state index contributed by atoms with van der Waals surface area (Å²) in [4.78, 5) is 33.9. The van der Waals surface area contributed by atoms with Crippen LogP contribution in [0, 0.1) is 10.1 Å². The van der Waals surface area contributed by atoms with Crippen molar-refractivity contribution >= 4 is 23.3 Å². The number of hydrogen-bond donors (Lipinski definition) is 3. The van der Waals surface area contributed by atoms with Crippen molar-refractivity contribution in [2.24, 2.45) is 0 Å². The van der Waals surface area contributed by atoms with Crippen LogP contribution in [0.2, 0.25) is 0 Å². The van der Waals surface area contributed by atoms with Crippen LogP contribution in [0.4, 0.5) is 11.4 Å². The molecule has 3 N–H and O–H groups in total. The van der Waals surface area contributed by atoms with Gasteiger partial charge in [-0.15, -0.1) is 0 Å². The summed E-state index contributed by atoms with van der Waals surface area (Å²) in [6, 6.07) is 11.0. The summed E-state index contributed by atoms with van der Waals surface area (Å²) >= 11 is 0. The monoisotopic (exact) mass is 399 g/mol. The largest absolute Gasteiger partial charge is 0.482 e. The molecule has 1 saturated carbocycles. The first-order valence-corrected chi connectivity index (χ1v) is 9.14. The number of nitrogens with zero attached hydrogens (tertiary/aromatic N) is 1. The Labute approximate surface area is 166 Å². The van der Waals surface area contributed by atoms with Crippen LogP contribution in [0.3, 0.4) is 0 Å². The van der Waals surface area contributed by atoms with E-state index >= 15 is 0 Å².